The lowest BCUT2D eigenvalue weighted by molar-refractivity contribution is 0.466. The van der Waals surface area contributed by atoms with Crippen molar-refractivity contribution < 1.29 is 5.11 Å². The summed E-state index contributed by atoms with van der Waals surface area (Å²) in [6.07, 6.45) is 1.72. The van der Waals surface area contributed by atoms with Crippen molar-refractivity contribution in [3.8, 4) is 16.9 Å². The fraction of sp³-hybridized carbons (Fsp3) is 0.438. The van der Waals surface area contributed by atoms with Crippen molar-refractivity contribution in [1.82, 2.24) is 9.78 Å². The second-order valence-corrected chi connectivity index (χ2v) is 5.84. The molecule has 1 aromatic heterocycles. The lowest BCUT2D eigenvalue weighted by Gasteiger charge is -2.18. The highest BCUT2D eigenvalue weighted by Gasteiger charge is 2.21. The Morgan fingerprint density at radius 3 is 2.10 bits per heavy atom. The Morgan fingerprint density at radius 2 is 1.65 bits per heavy atom. The SMILES string of the molecule is CC(C)c1ccc(C(C)C)c(-c2cnn(C)c2N)c1O. The molecule has 0 bridgehead atoms. The van der Waals surface area contributed by atoms with Gasteiger partial charge in [-0.1, -0.05) is 39.8 Å². The van der Waals surface area contributed by atoms with Gasteiger partial charge in [-0.25, -0.2) is 0 Å². The zero-order valence-corrected chi connectivity index (χ0v) is 12.8. The van der Waals surface area contributed by atoms with Crippen molar-refractivity contribution >= 4 is 5.82 Å². The minimum absolute atomic E-state index is 0.257. The van der Waals surface area contributed by atoms with E-state index in [-0.39, 0.29) is 5.92 Å². The predicted molar refractivity (Wildman–Crippen MR) is 82.9 cm³/mol. The fourth-order valence-electron chi connectivity index (χ4n) is 2.49. The molecular formula is C16H23N3O. The van der Waals surface area contributed by atoms with Crippen LogP contribution in [0.25, 0.3) is 11.1 Å². The second kappa shape index (κ2) is 5.19. The molecule has 0 saturated carbocycles. The van der Waals surface area contributed by atoms with Crippen LogP contribution in [0.1, 0.15) is 50.7 Å². The van der Waals surface area contributed by atoms with Crippen LogP contribution in [0, 0.1) is 0 Å². The molecule has 3 N–H and O–H groups in total. The number of benzene rings is 1. The van der Waals surface area contributed by atoms with E-state index in [4.69, 9.17) is 5.73 Å². The maximum Gasteiger partial charge on any atom is 0.129 e. The van der Waals surface area contributed by atoms with E-state index in [2.05, 4.69) is 38.9 Å². The third-order valence-electron chi connectivity index (χ3n) is 3.74. The highest BCUT2D eigenvalue weighted by molar-refractivity contribution is 5.82. The minimum Gasteiger partial charge on any atom is -0.507 e. The number of anilines is 1. The van der Waals surface area contributed by atoms with Crippen LogP contribution in [0.3, 0.4) is 0 Å². The van der Waals surface area contributed by atoms with Gasteiger partial charge in [0.2, 0.25) is 0 Å². The molecule has 1 heterocycles. The number of rotatable bonds is 3. The maximum absolute atomic E-state index is 10.7. The van der Waals surface area contributed by atoms with Gasteiger partial charge in [-0.15, -0.1) is 0 Å². The molecule has 2 rings (SSSR count). The molecule has 20 heavy (non-hydrogen) atoms. The molecule has 1 aromatic carbocycles. The number of phenols is 1. The largest absolute Gasteiger partial charge is 0.507 e. The number of hydrogen-bond acceptors (Lipinski definition) is 3. The molecule has 0 unspecified atom stereocenters. The normalized spacial score (nSPS) is 11.6. The zero-order chi connectivity index (χ0) is 15.0. The standard InChI is InChI=1S/C16H23N3O/c1-9(2)11-6-7-12(10(3)4)15(20)14(11)13-8-18-19(5)16(13)17/h6-10,20H,17H2,1-5H3. The van der Waals surface area contributed by atoms with Gasteiger partial charge in [0, 0.05) is 18.2 Å². The average molecular weight is 273 g/mol. The van der Waals surface area contributed by atoms with Crippen LogP contribution in [0.4, 0.5) is 5.82 Å². The van der Waals surface area contributed by atoms with E-state index in [0.29, 0.717) is 17.5 Å². The van der Waals surface area contributed by atoms with Gasteiger partial charge < -0.3 is 10.8 Å². The summed E-state index contributed by atoms with van der Waals surface area (Å²) in [5.41, 5.74) is 9.73. The van der Waals surface area contributed by atoms with Crippen molar-refractivity contribution in [3.05, 3.63) is 29.5 Å². The topological polar surface area (TPSA) is 64.1 Å². The van der Waals surface area contributed by atoms with Crippen LogP contribution < -0.4 is 5.73 Å². The lowest BCUT2D eigenvalue weighted by atomic mass is 9.88. The molecule has 0 amide bonds. The minimum atomic E-state index is 0.257. The first kappa shape index (κ1) is 14.4. The summed E-state index contributed by atoms with van der Waals surface area (Å²) in [7, 11) is 1.80. The summed E-state index contributed by atoms with van der Waals surface area (Å²) < 4.78 is 1.63. The third kappa shape index (κ3) is 2.26. The summed E-state index contributed by atoms with van der Waals surface area (Å²) in [5, 5.41) is 14.9. The van der Waals surface area contributed by atoms with Gasteiger partial charge in [-0.2, -0.15) is 5.10 Å². The van der Waals surface area contributed by atoms with E-state index in [1.54, 1.807) is 17.9 Å². The fourth-order valence-corrected chi connectivity index (χ4v) is 2.49. The van der Waals surface area contributed by atoms with Gasteiger partial charge in [0.25, 0.3) is 0 Å². The van der Waals surface area contributed by atoms with Gasteiger partial charge in [-0.05, 0) is 23.0 Å². The van der Waals surface area contributed by atoms with Gasteiger partial charge >= 0.3 is 0 Å². The molecule has 0 aliphatic carbocycles. The maximum atomic E-state index is 10.7. The Balaban J connectivity index is 2.77. The molecule has 0 atom stereocenters. The number of nitrogens with two attached hydrogens (primary N) is 1. The molecular weight excluding hydrogens is 250 g/mol. The van der Waals surface area contributed by atoms with Crippen LogP contribution in [-0.4, -0.2) is 14.9 Å². The molecule has 0 spiro atoms. The Morgan fingerprint density at radius 1 is 1.10 bits per heavy atom. The van der Waals surface area contributed by atoms with Crippen molar-refractivity contribution in [2.24, 2.45) is 7.05 Å². The summed E-state index contributed by atoms with van der Waals surface area (Å²) in [6, 6.07) is 4.09. The first-order chi connectivity index (χ1) is 9.34. The molecule has 4 nitrogen and oxygen atoms in total. The van der Waals surface area contributed by atoms with E-state index in [9.17, 15) is 5.11 Å². The second-order valence-electron chi connectivity index (χ2n) is 5.84. The quantitative estimate of drug-likeness (QED) is 0.897. The smallest absolute Gasteiger partial charge is 0.129 e. The first-order valence-corrected chi connectivity index (χ1v) is 6.98. The van der Waals surface area contributed by atoms with Gasteiger partial charge in [-0.3, -0.25) is 4.68 Å². The van der Waals surface area contributed by atoms with E-state index < -0.39 is 0 Å². The van der Waals surface area contributed by atoms with Crippen LogP contribution in [0.5, 0.6) is 5.75 Å². The lowest BCUT2D eigenvalue weighted by Crippen LogP contribution is -2.01. The molecule has 0 saturated heterocycles. The number of hydrogen-bond donors (Lipinski definition) is 2. The van der Waals surface area contributed by atoms with Crippen LogP contribution in [-0.2, 0) is 7.05 Å². The van der Waals surface area contributed by atoms with Crippen LogP contribution >= 0.6 is 0 Å². The molecule has 0 aliphatic heterocycles. The van der Waals surface area contributed by atoms with E-state index >= 15 is 0 Å². The van der Waals surface area contributed by atoms with Gasteiger partial charge in [0.1, 0.15) is 11.6 Å². The predicted octanol–water partition coefficient (Wildman–Crippen LogP) is 3.62. The van der Waals surface area contributed by atoms with Gasteiger partial charge in [0.15, 0.2) is 0 Å². The average Bonchev–Trinajstić information content (AvgIpc) is 2.69. The number of phenolic OH excluding ortho intramolecular Hbond substituents is 1. The van der Waals surface area contributed by atoms with Gasteiger partial charge in [0.05, 0.1) is 6.20 Å². The third-order valence-corrected chi connectivity index (χ3v) is 3.74. The number of nitrogen functional groups attached to an aromatic ring is 1. The molecule has 0 radical (unpaired) electrons. The van der Waals surface area contributed by atoms with Crippen LogP contribution in [0.2, 0.25) is 0 Å². The van der Waals surface area contributed by atoms with Crippen molar-refractivity contribution in [2.45, 2.75) is 39.5 Å². The molecule has 2 aromatic rings. The molecule has 108 valence electrons. The summed E-state index contributed by atoms with van der Waals surface area (Å²) >= 11 is 0. The molecule has 0 fully saturated rings. The first-order valence-electron chi connectivity index (χ1n) is 6.98. The Hall–Kier alpha value is -1.97. The monoisotopic (exact) mass is 273 g/mol. The van der Waals surface area contributed by atoms with Crippen LogP contribution in [0.15, 0.2) is 18.3 Å². The Kier molecular flexibility index (Phi) is 3.75. The van der Waals surface area contributed by atoms with Crippen molar-refractivity contribution in [3.63, 3.8) is 0 Å². The summed E-state index contributed by atoms with van der Waals surface area (Å²) in [5.74, 6) is 1.46. The number of aryl methyl sites for hydroxylation is 1. The highest BCUT2D eigenvalue weighted by Crippen LogP contribution is 2.42. The summed E-state index contributed by atoms with van der Waals surface area (Å²) in [6.45, 7) is 8.36. The number of aromatic nitrogens is 2. The van der Waals surface area contributed by atoms with E-state index in [1.807, 2.05) is 6.07 Å². The zero-order valence-electron chi connectivity index (χ0n) is 12.8. The van der Waals surface area contributed by atoms with Crippen molar-refractivity contribution in [1.29, 1.82) is 0 Å². The van der Waals surface area contributed by atoms with Crippen molar-refractivity contribution in [2.75, 3.05) is 5.73 Å². The summed E-state index contributed by atoms with van der Waals surface area (Å²) in [4.78, 5) is 0. The number of nitrogens with zero attached hydrogens (tertiary/aromatic N) is 2. The highest BCUT2D eigenvalue weighted by atomic mass is 16.3. The Labute approximate surface area is 120 Å². The number of aromatic hydroxyl groups is 1. The Bertz CT molecular complexity index is 627. The molecule has 4 heteroatoms. The van der Waals surface area contributed by atoms with E-state index in [1.165, 1.54) is 0 Å². The molecule has 0 aliphatic rings. The van der Waals surface area contributed by atoms with E-state index in [0.717, 1.165) is 22.3 Å².